The third kappa shape index (κ3) is 2.78. The van der Waals surface area contributed by atoms with E-state index >= 15 is 0 Å². The zero-order valence-corrected chi connectivity index (χ0v) is 13.8. The number of nitrogens with one attached hydrogen (secondary N) is 1. The Morgan fingerprint density at radius 1 is 0.840 bits per heavy atom. The van der Waals surface area contributed by atoms with Gasteiger partial charge in [-0.15, -0.1) is 0 Å². The van der Waals surface area contributed by atoms with Gasteiger partial charge in [0.1, 0.15) is 5.71 Å². The fraction of sp³-hybridized carbons (Fsp3) is 0.0476. The molecule has 4 rings (SSSR count). The Kier molecular flexibility index (Phi) is 3.78. The van der Waals surface area contributed by atoms with Crippen LogP contribution in [0, 0.1) is 6.92 Å². The zero-order chi connectivity index (χ0) is 17.2. The van der Waals surface area contributed by atoms with Gasteiger partial charge in [-0.1, -0.05) is 66.2 Å². The van der Waals surface area contributed by atoms with Gasteiger partial charge in [0.05, 0.1) is 11.4 Å². The van der Waals surface area contributed by atoms with Crippen molar-refractivity contribution in [2.75, 3.05) is 4.90 Å². The van der Waals surface area contributed by atoms with Gasteiger partial charge in [-0.3, -0.25) is 4.90 Å². The number of rotatable bonds is 2. The number of aryl methyl sites for hydroxylation is 1. The molecule has 0 atom stereocenters. The molecule has 0 saturated carbocycles. The van der Waals surface area contributed by atoms with E-state index in [0.717, 1.165) is 33.8 Å². The van der Waals surface area contributed by atoms with Gasteiger partial charge in [0.15, 0.2) is 0 Å². The Hall–Kier alpha value is -3.40. The molecule has 3 aromatic rings. The van der Waals surface area contributed by atoms with E-state index in [1.165, 1.54) is 0 Å². The van der Waals surface area contributed by atoms with Crippen molar-refractivity contribution in [3.63, 3.8) is 0 Å². The Balaban J connectivity index is 1.89. The molecule has 0 unspecified atom stereocenters. The lowest BCUT2D eigenvalue weighted by molar-refractivity contribution is 0.249. The lowest BCUT2D eigenvalue weighted by Gasteiger charge is -2.22. The van der Waals surface area contributed by atoms with Crippen LogP contribution in [0.15, 0.2) is 84.0 Å². The minimum Gasteiger partial charge on any atom is -0.261 e. The maximum Gasteiger partial charge on any atom is 0.346 e. The molecule has 0 fully saturated rings. The quantitative estimate of drug-likeness (QED) is 0.734. The van der Waals surface area contributed by atoms with Crippen LogP contribution in [0.4, 0.5) is 16.2 Å². The Labute approximate surface area is 146 Å². The molecule has 1 heterocycles. The number of benzene rings is 3. The minimum absolute atomic E-state index is 0.276. The number of hydrazone groups is 1. The molecule has 0 bridgehead atoms. The second-order valence-electron chi connectivity index (χ2n) is 5.93. The van der Waals surface area contributed by atoms with Gasteiger partial charge in [-0.05, 0) is 25.1 Å². The van der Waals surface area contributed by atoms with Gasteiger partial charge in [0, 0.05) is 11.1 Å². The summed E-state index contributed by atoms with van der Waals surface area (Å²) in [5, 5.41) is 4.38. The standard InChI is InChI=1S/C21H17N3O/c1-15-11-13-17(14-12-15)24-19-10-6-5-9-18(19)20(22-23-21(24)25)16-7-3-2-4-8-16/h2-14H,1H3,(H,23,25). The van der Waals surface area contributed by atoms with Gasteiger partial charge in [-0.25, -0.2) is 10.2 Å². The molecule has 1 aliphatic heterocycles. The number of hydrogen-bond acceptors (Lipinski definition) is 2. The number of amides is 2. The van der Waals surface area contributed by atoms with Gasteiger partial charge >= 0.3 is 6.03 Å². The van der Waals surface area contributed by atoms with Crippen molar-refractivity contribution < 1.29 is 4.79 Å². The van der Waals surface area contributed by atoms with E-state index in [0.29, 0.717) is 0 Å². The predicted molar refractivity (Wildman–Crippen MR) is 100 cm³/mol. The van der Waals surface area contributed by atoms with Crippen molar-refractivity contribution in [1.29, 1.82) is 0 Å². The molecule has 4 heteroatoms. The van der Waals surface area contributed by atoms with Crippen LogP contribution in [0.25, 0.3) is 0 Å². The van der Waals surface area contributed by atoms with Crippen LogP contribution in [0.1, 0.15) is 16.7 Å². The van der Waals surface area contributed by atoms with Crippen molar-refractivity contribution >= 4 is 23.1 Å². The molecule has 4 nitrogen and oxygen atoms in total. The van der Waals surface area contributed by atoms with E-state index in [4.69, 9.17) is 0 Å². The highest BCUT2D eigenvalue weighted by Crippen LogP contribution is 2.32. The normalized spacial score (nSPS) is 13.6. The fourth-order valence-electron chi connectivity index (χ4n) is 2.96. The number of hydrogen-bond donors (Lipinski definition) is 1. The maximum absolute atomic E-state index is 12.7. The van der Waals surface area contributed by atoms with E-state index in [9.17, 15) is 4.79 Å². The summed E-state index contributed by atoms with van der Waals surface area (Å²) in [5.41, 5.74) is 8.06. The highest BCUT2D eigenvalue weighted by atomic mass is 16.2. The third-order valence-electron chi connectivity index (χ3n) is 4.21. The van der Waals surface area contributed by atoms with Gasteiger partial charge in [0.2, 0.25) is 0 Å². The highest BCUT2D eigenvalue weighted by Gasteiger charge is 2.26. The maximum atomic E-state index is 12.7. The first-order valence-electron chi connectivity index (χ1n) is 8.13. The van der Waals surface area contributed by atoms with Crippen molar-refractivity contribution in [1.82, 2.24) is 5.43 Å². The topological polar surface area (TPSA) is 44.7 Å². The number of para-hydroxylation sites is 1. The number of fused-ring (bicyclic) bond motifs is 1. The molecule has 122 valence electrons. The number of nitrogens with zero attached hydrogens (tertiary/aromatic N) is 2. The Bertz CT molecular complexity index is 946. The molecular formula is C21H17N3O. The monoisotopic (exact) mass is 327 g/mol. The van der Waals surface area contributed by atoms with Crippen LogP contribution >= 0.6 is 0 Å². The Morgan fingerprint density at radius 2 is 1.52 bits per heavy atom. The molecule has 0 radical (unpaired) electrons. The summed E-state index contributed by atoms with van der Waals surface area (Å²) in [7, 11) is 0. The van der Waals surface area contributed by atoms with Crippen LogP contribution in [-0.4, -0.2) is 11.7 Å². The average Bonchev–Trinajstić information content (AvgIpc) is 2.80. The number of anilines is 2. The zero-order valence-electron chi connectivity index (χ0n) is 13.8. The summed E-state index contributed by atoms with van der Waals surface area (Å²) >= 11 is 0. The first-order valence-corrected chi connectivity index (χ1v) is 8.13. The molecular weight excluding hydrogens is 310 g/mol. The molecule has 1 N–H and O–H groups in total. The smallest absolute Gasteiger partial charge is 0.261 e. The van der Waals surface area contributed by atoms with Gasteiger partial charge in [-0.2, -0.15) is 5.10 Å². The summed E-state index contributed by atoms with van der Waals surface area (Å²) in [6.45, 7) is 2.02. The summed E-state index contributed by atoms with van der Waals surface area (Å²) < 4.78 is 0. The molecule has 3 aromatic carbocycles. The predicted octanol–water partition coefficient (Wildman–Crippen LogP) is 4.61. The van der Waals surface area contributed by atoms with Crippen LogP contribution in [-0.2, 0) is 0 Å². The van der Waals surface area contributed by atoms with Crippen molar-refractivity contribution in [3.8, 4) is 0 Å². The highest BCUT2D eigenvalue weighted by molar-refractivity contribution is 6.20. The molecule has 25 heavy (non-hydrogen) atoms. The van der Waals surface area contributed by atoms with Crippen LogP contribution in [0.5, 0.6) is 0 Å². The number of urea groups is 1. The van der Waals surface area contributed by atoms with Crippen LogP contribution < -0.4 is 10.3 Å². The molecule has 1 aliphatic rings. The van der Waals surface area contributed by atoms with E-state index in [2.05, 4.69) is 10.5 Å². The first-order chi connectivity index (χ1) is 12.2. The van der Waals surface area contributed by atoms with E-state index < -0.39 is 0 Å². The summed E-state index contributed by atoms with van der Waals surface area (Å²) in [4.78, 5) is 14.4. The third-order valence-corrected chi connectivity index (χ3v) is 4.21. The first kappa shape index (κ1) is 15.1. The van der Waals surface area contributed by atoms with Gasteiger partial charge < -0.3 is 0 Å². The van der Waals surface area contributed by atoms with E-state index in [1.54, 1.807) is 4.90 Å². The largest absolute Gasteiger partial charge is 0.346 e. The lowest BCUT2D eigenvalue weighted by atomic mass is 10.00. The molecule has 2 amide bonds. The van der Waals surface area contributed by atoms with Crippen LogP contribution in [0.2, 0.25) is 0 Å². The number of carbonyl (C=O) groups is 1. The second-order valence-corrected chi connectivity index (χ2v) is 5.93. The van der Waals surface area contributed by atoms with Crippen LogP contribution in [0.3, 0.4) is 0 Å². The van der Waals surface area contributed by atoms with Gasteiger partial charge in [0.25, 0.3) is 0 Å². The minimum atomic E-state index is -0.276. The molecule has 0 aromatic heterocycles. The van der Waals surface area contributed by atoms with Crippen molar-refractivity contribution in [2.24, 2.45) is 5.10 Å². The SMILES string of the molecule is Cc1ccc(N2C(=O)NN=C(c3ccccc3)c3ccccc32)cc1. The van der Waals surface area contributed by atoms with E-state index in [1.807, 2.05) is 85.8 Å². The summed E-state index contributed by atoms with van der Waals surface area (Å²) in [5.74, 6) is 0. The summed E-state index contributed by atoms with van der Waals surface area (Å²) in [6.07, 6.45) is 0. The molecule has 0 saturated heterocycles. The molecule has 0 spiro atoms. The van der Waals surface area contributed by atoms with Crippen molar-refractivity contribution in [2.45, 2.75) is 6.92 Å². The summed E-state index contributed by atoms with van der Waals surface area (Å²) in [6, 6.07) is 25.3. The fourth-order valence-corrected chi connectivity index (χ4v) is 2.96. The molecule has 0 aliphatic carbocycles. The number of carbonyl (C=O) groups excluding carboxylic acids is 1. The lowest BCUT2D eigenvalue weighted by Crippen LogP contribution is -2.33. The second kappa shape index (κ2) is 6.24. The Morgan fingerprint density at radius 3 is 2.28 bits per heavy atom. The van der Waals surface area contributed by atoms with E-state index in [-0.39, 0.29) is 6.03 Å². The van der Waals surface area contributed by atoms with Crippen molar-refractivity contribution in [3.05, 3.63) is 95.6 Å². The average molecular weight is 327 g/mol.